The maximum atomic E-state index is 9.40. The van der Waals surface area contributed by atoms with Crippen LogP contribution in [-0.2, 0) is 0 Å². The zero-order valence-electron chi connectivity index (χ0n) is 19.3. The van der Waals surface area contributed by atoms with E-state index in [-0.39, 0.29) is 6.04 Å². The molecule has 2 aromatic carbocycles. The molecule has 0 aliphatic carbocycles. The molecule has 3 fully saturated rings. The molecule has 3 aliphatic heterocycles. The van der Waals surface area contributed by atoms with Crippen molar-refractivity contribution in [2.75, 3.05) is 30.4 Å². The van der Waals surface area contributed by atoms with E-state index in [0.717, 1.165) is 46.5 Å². The van der Waals surface area contributed by atoms with Crippen LogP contribution in [0.15, 0.2) is 36.4 Å². The van der Waals surface area contributed by atoms with Gasteiger partial charge in [-0.1, -0.05) is 18.2 Å². The molecule has 1 N–H and O–H groups in total. The summed E-state index contributed by atoms with van der Waals surface area (Å²) in [5, 5.41) is 24.2. The minimum Gasteiger partial charge on any atom is -0.366 e. The molecule has 3 atom stereocenters. The molecule has 0 amide bonds. The van der Waals surface area contributed by atoms with Crippen LogP contribution in [0.25, 0.3) is 10.8 Å². The van der Waals surface area contributed by atoms with Crippen LogP contribution in [0.1, 0.15) is 48.2 Å². The molecule has 1 aromatic heterocycles. The van der Waals surface area contributed by atoms with Crippen LogP contribution in [0.2, 0.25) is 0 Å². The molecule has 1 unspecified atom stereocenters. The van der Waals surface area contributed by atoms with E-state index in [9.17, 15) is 5.26 Å². The highest BCUT2D eigenvalue weighted by atomic mass is 15.3. The van der Waals surface area contributed by atoms with E-state index in [2.05, 4.69) is 69.6 Å². The van der Waals surface area contributed by atoms with Gasteiger partial charge in [0, 0.05) is 41.6 Å². The van der Waals surface area contributed by atoms with Gasteiger partial charge in [0.05, 0.1) is 23.4 Å². The molecule has 2 bridgehead atoms. The molecule has 32 heavy (non-hydrogen) atoms. The number of piperidine rings is 2. The van der Waals surface area contributed by atoms with Crippen molar-refractivity contribution in [3.05, 3.63) is 58.8 Å². The zero-order chi connectivity index (χ0) is 22.4. The molecule has 3 aromatic rings. The number of aromatic nitrogens is 2. The first kappa shape index (κ1) is 20.7. The van der Waals surface area contributed by atoms with Crippen molar-refractivity contribution in [2.45, 2.75) is 51.7 Å². The first-order chi connectivity index (χ1) is 15.5. The molecule has 3 aliphatic rings. The van der Waals surface area contributed by atoms with Crippen LogP contribution < -0.4 is 10.2 Å². The van der Waals surface area contributed by atoms with Crippen LogP contribution in [0.3, 0.4) is 0 Å². The Hall–Kier alpha value is -3.17. The predicted octanol–water partition coefficient (Wildman–Crippen LogP) is 4.57. The first-order valence-corrected chi connectivity index (χ1v) is 11.5. The third-order valence-corrected chi connectivity index (χ3v) is 7.40. The summed E-state index contributed by atoms with van der Waals surface area (Å²) in [5.41, 5.74) is 5.03. The number of rotatable bonds is 4. The molecule has 4 heterocycles. The number of nitriles is 1. The van der Waals surface area contributed by atoms with E-state index in [0.29, 0.717) is 17.6 Å². The Bertz CT molecular complexity index is 1210. The van der Waals surface area contributed by atoms with Crippen molar-refractivity contribution in [1.29, 1.82) is 5.26 Å². The lowest BCUT2D eigenvalue weighted by molar-refractivity contribution is 0.125. The average molecular weight is 427 g/mol. The van der Waals surface area contributed by atoms with E-state index < -0.39 is 0 Å². The van der Waals surface area contributed by atoms with Crippen LogP contribution >= 0.6 is 0 Å². The SMILES string of the molecule is Cc1c(C#N)cccc1[C@@H](C)Nc1nnc(C)c2ccc(N3C[C@H]4CCC3CN4C)cc12. The number of anilines is 2. The second-order valence-corrected chi connectivity index (χ2v) is 9.34. The Morgan fingerprint density at radius 1 is 1.06 bits per heavy atom. The summed E-state index contributed by atoms with van der Waals surface area (Å²) in [4.78, 5) is 5.09. The average Bonchev–Trinajstić information content (AvgIpc) is 2.81. The number of piperazine rings is 1. The summed E-state index contributed by atoms with van der Waals surface area (Å²) in [6.45, 7) is 8.35. The Labute approximate surface area is 189 Å². The number of nitrogens with zero attached hydrogens (tertiary/aromatic N) is 5. The van der Waals surface area contributed by atoms with Crippen LogP contribution in [0.5, 0.6) is 0 Å². The zero-order valence-corrected chi connectivity index (χ0v) is 19.3. The highest BCUT2D eigenvalue weighted by Gasteiger charge is 2.37. The minimum absolute atomic E-state index is 0.00631. The van der Waals surface area contributed by atoms with Gasteiger partial charge in [0.25, 0.3) is 0 Å². The predicted molar refractivity (Wildman–Crippen MR) is 129 cm³/mol. The summed E-state index contributed by atoms with van der Waals surface area (Å²) < 4.78 is 0. The third kappa shape index (κ3) is 3.47. The fourth-order valence-electron chi connectivity index (χ4n) is 5.44. The van der Waals surface area contributed by atoms with Crippen LogP contribution in [0, 0.1) is 25.2 Å². The Morgan fingerprint density at radius 3 is 2.59 bits per heavy atom. The van der Waals surface area contributed by atoms with Crippen molar-refractivity contribution in [3.8, 4) is 6.07 Å². The molecule has 3 saturated heterocycles. The fourth-order valence-corrected chi connectivity index (χ4v) is 5.44. The maximum absolute atomic E-state index is 9.40. The first-order valence-electron chi connectivity index (χ1n) is 11.5. The number of likely N-dealkylation sites (N-methyl/N-ethyl adjacent to an activating group) is 1. The molecule has 6 heteroatoms. The van der Waals surface area contributed by atoms with Crippen LogP contribution in [0.4, 0.5) is 11.5 Å². The number of hydrogen-bond acceptors (Lipinski definition) is 6. The van der Waals surface area contributed by atoms with Crippen molar-refractivity contribution in [1.82, 2.24) is 15.1 Å². The van der Waals surface area contributed by atoms with Crippen molar-refractivity contribution in [2.24, 2.45) is 0 Å². The number of aryl methyl sites for hydroxylation is 1. The Kier molecular flexibility index (Phi) is 5.22. The van der Waals surface area contributed by atoms with E-state index in [4.69, 9.17) is 0 Å². The normalized spacial score (nSPS) is 21.5. The van der Waals surface area contributed by atoms with Crippen molar-refractivity contribution in [3.63, 3.8) is 0 Å². The summed E-state index contributed by atoms with van der Waals surface area (Å²) in [5.74, 6) is 0.793. The van der Waals surface area contributed by atoms with E-state index >= 15 is 0 Å². The maximum Gasteiger partial charge on any atom is 0.157 e. The fraction of sp³-hybridized carbons (Fsp3) is 0.423. The van der Waals surface area contributed by atoms with Gasteiger partial charge in [-0.05, 0) is 70.0 Å². The Morgan fingerprint density at radius 2 is 1.88 bits per heavy atom. The van der Waals surface area contributed by atoms with Gasteiger partial charge in [0.15, 0.2) is 5.82 Å². The Balaban J connectivity index is 1.51. The lowest BCUT2D eigenvalue weighted by atomic mass is 9.90. The number of fused-ring (bicyclic) bond motifs is 4. The monoisotopic (exact) mass is 426 g/mol. The number of nitrogens with one attached hydrogen (secondary N) is 1. The summed E-state index contributed by atoms with van der Waals surface area (Å²) in [6, 6.07) is 16.1. The molecule has 6 nitrogen and oxygen atoms in total. The van der Waals surface area contributed by atoms with Crippen molar-refractivity contribution < 1.29 is 0 Å². The molecule has 0 saturated carbocycles. The van der Waals surface area contributed by atoms with Gasteiger partial charge in [0.1, 0.15) is 0 Å². The quantitative estimate of drug-likeness (QED) is 0.659. The van der Waals surface area contributed by atoms with E-state index in [1.54, 1.807) is 0 Å². The van der Waals surface area contributed by atoms with Gasteiger partial charge in [-0.25, -0.2) is 0 Å². The molecule has 164 valence electrons. The second-order valence-electron chi connectivity index (χ2n) is 9.34. The van der Waals surface area contributed by atoms with Gasteiger partial charge < -0.3 is 10.2 Å². The van der Waals surface area contributed by atoms with Gasteiger partial charge >= 0.3 is 0 Å². The topological polar surface area (TPSA) is 68.1 Å². The minimum atomic E-state index is 0.00631. The van der Waals surface area contributed by atoms with Gasteiger partial charge in [0.2, 0.25) is 0 Å². The summed E-state index contributed by atoms with van der Waals surface area (Å²) in [7, 11) is 2.25. The van der Waals surface area contributed by atoms with Gasteiger partial charge in [-0.3, -0.25) is 4.90 Å². The lowest BCUT2D eigenvalue weighted by Gasteiger charge is -2.51. The second kappa shape index (κ2) is 8.07. The van der Waals surface area contributed by atoms with E-state index in [1.807, 2.05) is 26.0 Å². The summed E-state index contributed by atoms with van der Waals surface area (Å²) >= 11 is 0. The molecular formula is C26H30N6. The largest absolute Gasteiger partial charge is 0.366 e. The molecule has 6 rings (SSSR count). The third-order valence-electron chi connectivity index (χ3n) is 7.40. The number of benzene rings is 2. The molecule has 0 spiro atoms. The van der Waals surface area contributed by atoms with E-state index in [1.165, 1.54) is 18.5 Å². The lowest BCUT2D eigenvalue weighted by Crippen LogP contribution is -2.61. The van der Waals surface area contributed by atoms with Crippen LogP contribution in [-0.4, -0.2) is 47.3 Å². The van der Waals surface area contributed by atoms with Crippen molar-refractivity contribution >= 4 is 22.3 Å². The smallest absolute Gasteiger partial charge is 0.157 e. The molecular weight excluding hydrogens is 396 g/mol. The molecule has 0 radical (unpaired) electrons. The van der Waals surface area contributed by atoms with Gasteiger partial charge in [-0.15, -0.1) is 5.10 Å². The standard InChI is InChI=1S/C26H30N6/c1-16-19(13-27)6-5-7-23(16)17(2)28-26-25-12-20(10-11-24(25)18(3)29-30-26)32-15-21-8-9-22(32)14-31(21)4/h5-7,10-12,17,21-22H,8-9,14-15H2,1-4H3,(H,28,30)/t17-,21-,22?/m1/s1. The highest BCUT2D eigenvalue weighted by molar-refractivity contribution is 5.95. The number of hydrogen-bond donors (Lipinski definition) is 1. The highest BCUT2D eigenvalue weighted by Crippen LogP contribution is 2.35. The summed E-state index contributed by atoms with van der Waals surface area (Å²) in [6.07, 6.45) is 2.55. The van der Waals surface area contributed by atoms with Gasteiger partial charge in [-0.2, -0.15) is 10.4 Å².